The van der Waals surface area contributed by atoms with Crippen molar-refractivity contribution in [3.8, 4) is 11.1 Å². The topological polar surface area (TPSA) is 80.4 Å². The number of aliphatic carboxylic acids is 1. The van der Waals surface area contributed by atoms with Crippen LogP contribution in [0.2, 0.25) is 0 Å². The Kier molecular flexibility index (Phi) is 4.28. The number of nitro groups is 1. The van der Waals surface area contributed by atoms with Crippen LogP contribution in [-0.4, -0.2) is 16.0 Å². The molecule has 0 amide bonds. The third-order valence-corrected chi connectivity index (χ3v) is 5.27. The van der Waals surface area contributed by atoms with Crippen molar-refractivity contribution in [2.75, 3.05) is 0 Å². The zero-order valence-corrected chi connectivity index (χ0v) is 14.9. The van der Waals surface area contributed by atoms with Crippen molar-refractivity contribution in [1.29, 1.82) is 0 Å². The van der Waals surface area contributed by atoms with Gasteiger partial charge in [-0.2, -0.15) is 0 Å². The number of nitrogens with zero attached hydrogens (tertiary/aromatic N) is 1. The molecule has 1 aliphatic rings. The van der Waals surface area contributed by atoms with Gasteiger partial charge in [0, 0.05) is 12.1 Å². The highest BCUT2D eigenvalue weighted by atomic mass is 16.6. The molecule has 28 heavy (non-hydrogen) atoms. The molecule has 0 atom stereocenters. The number of allylic oxidation sites excluding steroid dienone is 1. The minimum Gasteiger partial charge on any atom is -0.480 e. The first-order valence-electron chi connectivity index (χ1n) is 8.88. The highest BCUT2D eigenvalue weighted by molar-refractivity contribution is 5.97. The van der Waals surface area contributed by atoms with Gasteiger partial charge in [-0.15, -0.1) is 0 Å². The van der Waals surface area contributed by atoms with Gasteiger partial charge < -0.3 is 5.11 Å². The zero-order chi connectivity index (χ0) is 19.7. The Bertz CT molecular complexity index is 1050. The number of rotatable bonds is 5. The van der Waals surface area contributed by atoms with E-state index in [0.29, 0.717) is 0 Å². The van der Waals surface area contributed by atoms with E-state index in [9.17, 15) is 20.0 Å². The minimum absolute atomic E-state index is 0.0257. The standard InChI is InChI=1S/C23H17NO4/c25-22(26)23(15-5-6-16-11-13-17(14-12-16)24(27)28)20-9-3-1-7-18(20)19-8-2-4-10-21(19)23/h1-14H,15H2,(H,25,26)/b6-5+. The molecule has 5 heteroatoms. The van der Waals surface area contributed by atoms with Crippen LogP contribution in [-0.2, 0) is 10.2 Å². The van der Waals surface area contributed by atoms with Crippen LogP contribution in [0.1, 0.15) is 23.1 Å². The summed E-state index contributed by atoms with van der Waals surface area (Å²) in [5.74, 6) is -0.891. The van der Waals surface area contributed by atoms with Gasteiger partial charge in [0.1, 0.15) is 5.41 Å². The van der Waals surface area contributed by atoms with Gasteiger partial charge in [0.15, 0.2) is 0 Å². The van der Waals surface area contributed by atoms with Gasteiger partial charge >= 0.3 is 5.97 Å². The number of nitro benzene ring substituents is 1. The molecule has 0 radical (unpaired) electrons. The monoisotopic (exact) mass is 371 g/mol. The maximum Gasteiger partial charge on any atom is 0.319 e. The number of fused-ring (bicyclic) bond motifs is 3. The third-order valence-electron chi connectivity index (χ3n) is 5.27. The molecule has 138 valence electrons. The van der Waals surface area contributed by atoms with Crippen molar-refractivity contribution >= 4 is 17.7 Å². The van der Waals surface area contributed by atoms with E-state index in [-0.39, 0.29) is 12.1 Å². The number of carboxylic acid groups (broad SMARTS) is 1. The van der Waals surface area contributed by atoms with Crippen LogP contribution in [0.5, 0.6) is 0 Å². The lowest BCUT2D eigenvalue weighted by Crippen LogP contribution is -2.34. The first-order valence-corrected chi connectivity index (χ1v) is 8.88. The van der Waals surface area contributed by atoms with Crippen LogP contribution < -0.4 is 0 Å². The van der Waals surface area contributed by atoms with Crippen LogP contribution in [0.25, 0.3) is 17.2 Å². The molecule has 3 aromatic carbocycles. The third kappa shape index (κ3) is 2.68. The van der Waals surface area contributed by atoms with E-state index >= 15 is 0 Å². The predicted molar refractivity (Wildman–Crippen MR) is 107 cm³/mol. The van der Waals surface area contributed by atoms with Gasteiger partial charge in [-0.1, -0.05) is 60.7 Å². The van der Waals surface area contributed by atoms with E-state index < -0.39 is 16.3 Å². The van der Waals surface area contributed by atoms with Crippen molar-refractivity contribution in [3.63, 3.8) is 0 Å². The van der Waals surface area contributed by atoms with E-state index in [4.69, 9.17) is 0 Å². The van der Waals surface area contributed by atoms with Crippen molar-refractivity contribution in [3.05, 3.63) is 106 Å². The molecule has 4 rings (SSSR count). The summed E-state index contributed by atoms with van der Waals surface area (Å²) < 4.78 is 0. The summed E-state index contributed by atoms with van der Waals surface area (Å²) in [7, 11) is 0. The Morgan fingerprint density at radius 2 is 1.46 bits per heavy atom. The highest BCUT2D eigenvalue weighted by Crippen LogP contribution is 2.51. The average Bonchev–Trinajstić information content (AvgIpc) is 3.00. The summed E-state index contributed by atoms with van der Waals surface area (Å²) in [6, 6.07) is 21.4. The van der Waals surface area contributed by atoms with E-state index in [1.165, 1.54) is 12.1 Å². The lowest BCUT2D eigenvalue weighted by atomic mass is 9.75. The van der Waals surface area contributed by atoms with Gasteiger partial charge in [0.25, 0.3) is 5.69 Å². The molecular weight excluding hydrogens is 354 g/mol. The average molecular weight is 371 g/mol. The van der Waals surface area contributed by atoms with Gasteiger partial charge in [-0.3, -0.25) is 14.9 Å². The minimum atomic E-state index is -1.15. The highest BCUT2D eigenvalue weighted by Gasteiger charge is 2.48. The van der Waals surface area contributed by atoms with E-state index in [1.54, 1.807) is 18.2 Å². The second-order valence-corrected chi connectivity index (χ2v) is 6.76. The maximum absolute atomic E-state index is 12.5. The lowest BCUT2D eigenvalue weighted by molar-refractivity contribution is -0.384. The Morgan fingerprint density at radius 1 is 0.929 bits per heavy atom. The molecule has 0 aliphatic heterocycles. The van der Waals surface area contributed by atoms with Crippen LogP contribution in [0, 0.1) is 10.1 Å². The van der Waals surface area contributed by atoms with Crippen LogP contribution >= 0.6 is 0 Å². The summed E-state index contributed by atoms with van der Waals surface area (Å²) in [5, 5.41) is 21.0. The number of carboxylic acids is 1. The maximum atomic E-state index is 12.5. The number of non-ortho nitro benzene ring substituents is 1. The molecule has 0 saturated carbocycles. The second kappa shape index (κ2) is 6.78. The molecule has 1 aliphatic carbocycles. The normalized spacial score (nSPS) is 13.9. The smallest absolute Gasteiger partial charge is 0.319 e. The van der Waals surface area contributed by atoms with Crippen molar-refractivity contribution in [1.82, 2.24) is 0 Å². The fraction of sp³-hybridized carbons (Fsp3) is 0.0870. The number of carbonyl (C=O) groups is 1. The summed E-state index contributed by atoms with van der Waals surface area (Å²) >= 11 is 0. The summed E-state index contributed by atoms with van der Waals surface area (Å²) in [6.07, 6.45) is 3.92. The van der Waals surface area contributed by atoms with Crippen LogP contribution in [0.4, 0.5) is 5.69 Å². The van der Waals surface area contributed by atoms with Gasteiger partial charge in [-0.25, -0.2) is 0 Å². The fourth-order valence-electron chi connectivity index (χ4n) is 3.94. The quantitative estimate of drug-likeness (QED) is 0.503. The summed E-state index contributed by atoms with van der Waals surface area (Å²) in [6.45, 7) is 0. The molecule has 1 N–H and O–H groups in total. The molecule has 3 aromatic rings. The Labute approximate surface area is 161 Å². The second-order valence-electron chi connectivity index (χ2n) is 6.76. The molecule has 0 unspecified atom stereocenters. The molecular formula is C23H17NO4. The van der Waals surface area contributed by atoms with Crippen LogP contribution in [0.15, 0.2) is 78.9 Å². The largest absolute Gasteiger partial charge is 0.480 e. The SMILES string of the molecule is O=C(O)C1(C/C=C/c2ccc([N+](=O)[O-])cc2)c2ccccc2-c2ccccc21. The van der Waals surface area contributed by atoms with Gasteiger partial charge in [0.05, 0.1) is 4.92 Å². The molecule has 0 saturated heterocycles. The first kappa shape index (κ1) is 17.7. The van der Waals surface area contributed by atoms with Gasteiger partial charge in [-0.05, 0) is 46.4 Å². The van der Waals surface area contributed by atoms with Crippen molar-refractivity contribution < 1.29 is 14.8 Å². The Hall–Kier alpha value is -3.73. The fourth-order valence-corrected chi connectivity index (χ4v) is 3.94. The number of benzene rings is 3. The first-order chi connectivity index (χ1) is 13.5. The van der Waals surface area contributed by atoms with E-state index in [1.807, 2.05) is 54.6 Å². The molecule has 0 fully saturated rings. The molecule has 0 spiro atoms. The van der Waals surface area contributed by atoms with Crippen molar-refractivity contribution in [2.24, 2.45) is 0 Å². The summed E-state index contributed by atoms with van der Waals surface area (Å²) in [4.78, 5) is 22.8. The number of hydrogen-bond acceptors (Lipinski definition) is 3. The van der Waals surface area contributed by atoms with E-state index in [0.717, 1.165) is 27.8 Å². The Balaban J connectivity index is 1.73. The zero-order valence-electron chi connectivity index (χ0n) is 14.9. The van der Waals surface area contributed by atoms with E-state index in [2.05, 4.69) is 0 Å². The lowest BCUT2D eigenvalue weighted by Gasteiger charge is -2.26. The molecule has 0 bridgehead atoms. The van der Waals surface area contributed by atoms with Crippen LogP contribution in [0.3, 0.4) is 0 Å². The molecule has 0 heterocycles. The predicted octanol–water partition coefficient (Wildman–Crippen LogP) is 5.05. The number of hydrogen-bond donors (Lipinski definition) is 1. The molecule has 5 nitrogen and oxygen atoms in total. The Morgan fingerprint density at radius 3 is 1.96 bits per heavy atom. The summed E-state index contributed by atoms with van der Waals surface area (Å²) in [5.41, 5.74) is 3.14. The molecule has 0 aromatic heterocycles. The van der Waals surface area contributed by atoms with Crippen molar-refractivity contribution in [2.45, 2.75) is 11.8 Å². The van der Waals surface area contributed by atoms with Gasteiger partial charge in [0.2, 0.25) is 0 Å².